The molecule has 0 aliphatic carbocycles. The van der Waals surface area contributed by atoms with Gasteiger partial charge in [-0.2, -0.15) is 0 Å². The minimum Gasteiger partial charge on any atom is -0.481 e. The smallest absolute Gasteiger partial charge is 0.340 e. The first-order chi connectivity index (χ1) is 12.2. The fraction of sp³-hybridized carbons (Fsp3) is 0.278. The molecule has 0 atom stereocenters. The number of ketones is 1. The van der Waals surface area contributed by atoms with Crippen molar-refractivity contribution in [1.29, 1.82) is 0 Å². The van der Waals surface area contributed by atoms with Gasteiger partial charge in [-0.15, -0.1) is 0 Å². The zero-order valence-electron chi connectivity index (χ0n) is 14.4. The van der Waals surface area contributed by atoms with Crippen LogP contribution in [0.1, 0.15) is 44.6 Å². The summed E-state index contributed by atoms with van der Waals surface area (Å²) in [4.78, 5) is 36.5. The van der Waals surface area contributed by atoms with Crippen LogP contribution in [0.3, 0.4) is 0 Å². The molecule has 2 aromatic rings. The molecule has 0 aliphatic heterocycles. The Kier molecular flexibility index (Phi) is 6.10. The number of benzene rings is 1. The molecule has 1 N–H and O–H groups in total. The second kappa shape index (κ2) is 7.93. The van der Waals surface area contributed by atoms with Gasteiger partial charge < -0.3 is 14.4 Å². The van der Waals surface area contributed by atoms with Crippen LogP contribution in [0.4, 0.5) is 0 Å². The summed E-state index contributed by atoms with van der Waals surface area (Å²) in [6, 6.07) is 4.45. The van der Waals surface area contributed by atoms with Gasteiger partial charge in [-0.1, -0.05) is 23.2 Å². The van der Waals surface area contributed by atoms with Crippen molar-refractivity contribution in [3.63, 3.8) is 0 Å². The number of esters is 1. The summed E-state index contributed by atoms with van der Waals surface area (Å²) >= 11 is 11.9. The first-order valence-electron chi connectivity index (χ1n) is 7.75. The van der Waals surface area contributed by atoms with Crippen molar-refractivity contribution in [3.05, 3.63) is 56.3 Å². The highest BCUT2D eigenvalue weighted by Gasteiger charge is 2.29. The summed E-state index contributed by atoms with van der Waals surface area (Å²) < 4.78 is 6.44. The molecule has 1 heterocycles. The monoisotopic (exact) mass is 397 g/mol. The zero-order chi connectivity index (χ0) is 19.6. The van der Waals surface area contributed by atoms with Crippen molar-refractivity contribution in [1.82, 2.24) is 4.57 Å². The molecule has 0 aliphatic rings. The highest BCUT2D eigenvalue weighted by atomic mass is 35.5. The van der Waals surface area contributed by atoms with Crippen molar-refractivity contribution >= 4 is 40.9 Å². The van der Waals surface area contributed by atoms with Crippen LogP contribution in [0, 0.1) is 6.92 Å². The standard InChI is InChI=1S/C18H17Cl2NO5/c1-4-26-18(25)15-9(2)16(21(3)13(15)8-14(22)23)17(24)10-5-6-11(19)12(20)7-10/h5-7H,4,8H2,1-3H3,(H,22,23). The molecule has 0 unspecified atom stereocenters. The van der Waals surface area contributed by atoms with Gasteiger partial charge in [0, 0.05) is 18.3 Å². The summed E-state index contributed by atoms with van der Waals surface area (Å²) in [6.07, 6.45) is -0.417. The average Bonchev–Trinajstić information content (AvgIpc) is 2.79. The Morgan fingerprint density at radius 2 is 1.85 bits per heavy atom. The lowest BCUT2D eigenvalue weighted by Crippen LogP contribution is -2.14. The molecule has 0 saturated carbocycles. The van der Waals surface area contributed by atoms with Gasteiger partial charge in [0.15, 0.2) is 0 Å². The van der Waals surface area contributed by atoms with Crippen LogP contribution < -0.4 is 0 Å². The van der Waals surface area contributed by atoms with Crippen molar-refractivity contribution in [2.45, 2.75) is 20.3 Å². The number of nitrogens with zero attached hydrogens (tertiary/aromatic N) is 1. The fourth-order valence-electron chi connectivity index (χ4n) is 2.81. The maximum atomic E-state index is 13.0. The van der Waals surface area contributed by atoms with Crippen LogP contribution in [0.2, 0.25) is 10.0 Å². The van der Waals surface area contributed by atoms with E-state index >= 15 is 0 Å². The molecule has 0 spiro atoms. The lowest BCUT2D eigenvalue weighted by Gasteiger charge is -2.08. The van der Waals surface area contributed by atoms with Crippen molar-refractivity contribution in [2.75, 3.05) is 6.61 Å². The van der Waals surface area contributed by atoms with Crippen molar-refractivity contribution in [3.8, 4) is 0 Å². The maximum absolute atomic E-state index is 13.0. The van der Waals surface area contributed by atoms with E-state index in [1.807, 2.05) is 0 Å². The van der Waals surface area contributed by atoms with Crippen LogP contribution in [0.15, 0.2) is 18.2 Å². The Bertz CT molecular complexity index is 901. The molecule has 138 valence electrons. The Labute approximate surface area is 160 Å². The summed E-state index contributed by atoms with van der Waals surface area (Å²) in [6.45, 7) is 3.37. The van der Waals surface area contributed by atoms with Gasteiger partial charge in [0.2, 0.25) is 5.78 Å². The summed E-state index contributed by atoms with van der Waals surface area (Å²) in [5, 5.41) is 9.70. The van der Waals surface area contributed by atoms with Crippen LogP contribution in [-0.2, 0) is 23.0 Å². The summed E-state index contributed by atoms with van der Waals surface area (Å²) in [5.74, 6) is -2.18. The van der Waals surface area contributed by atoms with Gasteiger partial charge in [-0.25, -0.2) is 4.79 Å². The zero-order valence-corrected chi connectivity index (χ0v) is 15.9. The Morgan fingerprint density at radius 3 is 2.38 bits per heavy atom. The number of aromatic nitrogens is 1. The van der Waals surface area contributed by atoms with E-state index in [9.17, 15) is 14.4 Å². The SMILES string of the molecule is CCOC(=O)c1c(C)c(C(=O)c2ccc(Cl)c(Cl)c2)n(C)c1CC(=O)O. The average molecular weight is 398 g/mol. The molecule has 0 radical (unpaired) electrons. The minimum atomic E-state index is -1.12. The third kappa shape index (κ3) is 3.76. The Balaban J connectivity index is 2.64. The number of hydrogen-bond donors (Lipinski definition) is 1. The number of ether oxygens (including phenoxy) is 1. The van der Waals surface area contributed by atoms with E-state index in [0.29, 0.717) is 10.6 Å². The lowest BCUT2D eigenvalue weighted by atomic mass is 10.0. The number of carbonyl (C=O) groups is 3. The molecule has 1 aromatic carbocycles. The minimum absolute atomic E-state index is 0.0974. The van der Waals surface area contributed by atoms with Gasteiger partial charge in [0.05, 0.1) is 34.3 Å². The van der Waals surface area contributed by atoms with E-state index in [0.717, 1.165) is 0 Å². The van der Waals surface area contributed by atoms with E-state index in [1.165, 1.54) is 22.8 Å². The Morgan fingerprint density at radius 1 is 1.19 bits per heavy atom. The quantitative estimate of drug-likeness (QED) is 0.593. The predicted molar refractivity (Wildman–Crippen MR) is 97.3 cm³/mol. The second-order valence-electron chi connectivity index (χ2n) is 5.60. The van der Waals surface area contributed by atoms with Crippen LogP contribution >= 0.6 is 23.2 Å². The predicted octanol–water partition coefficient (Wildman–Crippen LogP) is 3.68. The van der Waals surface area contributed by atoms with E-state index in [1.54, 1.807) is 20.9 Å². The third-order valence-electron chi connectivity index (χ3n) is 3.95. The number of halogens is 2. The molecule has 6 nitrogen and oxygen atoms in total. The van der Waals surface area contributed by atoms with E-state index in [4.69, 9.17) is 33.0 Å². The number of hydrogen-bond acceptors (Lipinski definition) is 4. The maximum Gasteiger partial charge on any atom is 0.340 e. The first-order valence-corrected chi connectivity index (χ1v) is 8.51. The van der Waals surface area contributed by atoms with Gasteiger partial charge >= 0.3 is 11.9 Å². The molecule has 8 heteroatoms. The lowest BCUT2D eigenvalue weighted by molar-refractivity contribution is -0.136. The van der Waals surface area contributed by atoms with Crippen LogP contribution in [0.5, 0.6) is 0 Å². The van der Waals surface area contributed by atoms with Crippen molar-refractivity contribution in [2.24, 2.45) is 7.05 Å². The van der Waals surface area contributed by atoms with E-state index in [-0.39, 0.29) is 34.1 Å². The fourth-order valence-corrected chi connectivity index (χ4v) is 3.11. The largest absolute Gasteiger partial charge is 0.481 e. The first kappa shape index (κ1) is 20.0. The molecule has 0 saturated heterocycles. The molecule has 1 aromatic heterocycles. The highest BCUT2D eigenvalue weighted by molar-refractivity contribution is 6.42. The van der Waals surface area contributed by atoms with Gasteiger partial charge in [0.1, 0.15) is 0 Å². The number of carbonyl (C=O) groups excluding carboxylic acids is 2. The van der Waals surface area contributed by atoms with Gasteiger partial charge in [0.25, 0.3) is 0 Å². The normalized spacial score (nSPS) is 10.7. The number of carboxylic acid groups (broad SMARTS) is 1. The molecule has 26 heavy (non-hydrogen) atoms. The van der Waals surface area contributed by atoms with Crippen molar-refractivity contribution < 1.29 is 24.2 Å². The Hall–Kier alpha value is -2.31. The third-order valence-corrected chi connectivity index (χ3v) is 4.69. The molecular weight excluding hydrogens is 381 g/mol. The number of rotatable bonds is 6. The summed E-state index contributed by atoms with van der Waals surface area (Å²) in [7, 11) is 1.54. The van der Waals surface area contributed by atoms with Crippen LogP contribution in [-0.4, -0.2) is 34.0 Å². The van der Waals surface area contributed by atoms with E-state index < -0.39 is 24.1 Å². The topological polar surface area (TPSA) is 85.6 Å². The molecule has 0 fully saturated rings. The molecular formula is C18H17Cl2NO5. The molecule has 2 rings (SSSR count). The van der Waals surface area contributed by atoms with Gasteiger partial charge in [-0.3, -0.25) is 9.59 Å². The molecule has 0 amide bonds. The summed E-state index contributed by atoms with van der Waals surface area (Å²) in [5.41, 5.74) is 1.14. The second-order valence-corrected chi connectivity index (χ2v) is 6.42. The number of aliphatic carboxylic acids is 1. The molecule has 0 bridgehead atoms. The van der Waals surface area contributed by atoms with E-state index in [2.05, 4.69) is 0 Å². The highest BCUT2D eigenvalue weighted by Crippen LogP contribution is 2.28. The van der Waals surface area contributed by atoms with Crippen LogP contribution in [0.25, 0.3) is 0 Å². The number of carboxylic acids is 1. The van der Waals surface area contributed by atoms with Gasteiger partial charge in [-0.05, 0) is 37.6 Å².